The Bertz CT molecular complexity index is 174. The molecule has 4 nitrogen and oxygen atoms in total. The molecule has 0 bridgehead atoms. The van der Waals surface area contributed by atoms with E-state index in [1.165, 1.54) is 0 Å². The maximum Gasteiger partial charge on any atom is 0.309 e. The fraction of sp³-hybridized carbons (Fsp3) is 0.909. The molecule has 0 saturated heterocycles. The molecule has 90 valence electrons. The van der Waals surface area contributed by atoms with Crippen molar-refractivity contribution in [3.8, 4) is 0 Å². The highest BCUT2D eigenvalue weighted by Crippen LogP contribution is 2.01. The average Bonchev–Trinajstić information content (AvgIpc) is 2.18. The van der Waals surface area contributed by atoms with Crippen molar-refractivity contribution >= 4 is 5.97 Å². The highest BCUT2D eigenvalue weighted by Gasteiger charge is 2.15. The summed E-state index contributed by atoms with van der Waals surface area (Å²) in [4.78, 5) is 13.5. The molecule has 1 N–H and O–H groups in total. The number of ether oxygens (including phenoxy) is 1. The predicted octanol–water partition coefficient (Wildman–Crippen LogP) is 0.727. The molecule has 0 aromatic heterocycles. The SMILES string of the molecule is CCOC(=O)C(C)CN(C)CCCNC. The summed E-state index contributed by atoms with van der Waals surface area (Å²) >= 11 is 0. The van der Waals surface area contributed by atoms with Crippen molar-refractivity contribution in [1.29, 1.82) is 0 Å². The molecule has 15 heavy (non-hydrogen) atoms. The molecular weight excluding hydrogens is 192 g/mol. The summed E-state index contributed by atoms with van der Waals surface area (Å²) in [5.74, 6) is -0.137. The van der Waals surface area contributed by atoms with Crippen LogP contribution in [0.15, 0.2) is 0 Å². The Hall–Kier alpha value is -0.610. The van der Waals surface area contributed by atoms with Crippen molar-refractivity contribution in [3.05, 3.63) is 0 Å². The third-order valence-electron chi connectivity index (χ3n) is 2.24. The molecule has 0 radical (unpaired) electrons. The number of nitrogens with one attached hydrogen (secondary N) is 1. The molecule has 0 aliphatic heterocycles. The molecule has 1 unspecified atom stereocenters. The minimum Gasteiger partial charge on any atom is -0.466 e. The fourth-order valence-electron chi connectivity index (χ4n) is 1.44. The quantitative estimate of drug-likeness (QED) is 0.480. The second kappa shape index (κ2) is 8.68. The van der Waals surface area contributed by atoms with Gasteiger partial charge in [-0.2, -0.15) is 0 Å². The Morgan fingerprint density at radius 3 is 2.73 bits per heavy atom. The van der Waals surface area contributed by atoms with Gasteiger partial charge >= 0.3 is 5.97 Å². The highest BCUT2D eigenvalue weighted by molar-refractivity contribution is 5.72. The van der Waals surface area contributed by atoms with Crippen LogP contribution in [-0.2, 0) is 9.53 Å². The van der Waals surface area contributed by atoms with E-state index in [-0.39, 0.29) is 11.9 Å². The highest BCUT2D eigenvalue weighted by atomic mass is 16.5. The fourth-order valence-corrected chi connectivity index (χ4v) is 1.44. The second-order valence-corrected chi connectivity index (χ2v) is 3.87. The molecule has 0 amide bonds. The molecule has 0 aliphatic carbocycles. The summed E-state index contributed by atoms with van der Waals surface area (Å²) in [5.41, 5.74) is 0. The topological polar surface area (TPSA) is 41.6 Å². The van der Waals surface area contributed by atoms with Gasteiger partial charge in [-0.05, 0) is 40.5 Å². The summed E-state index contributed by atoms with van der Waals surface area (Å²) in [6, 6.07) is 0. The lowest BCUT2D eigenvalue weighted by atomic mass is 10.1. The summed E-state index contributed by atoms with van der Waals surface area (Å²) in [5, 5.41) is 3.10. The number of rotatable bonds is 8. The zero-order valence-corrected chi connectivity index (χ0v) is 10.4. The van der Waals surface area contributed by atoms with Crippen molar-refractivity contribution < 1.29 is 9.53 Å². The van der Waals surface area contributed by atoms with Gasteiger partial charge in [0.25, 0.3) is 0 Å². The summed E-state index contributed by atoms with van der Waals surface area (Å²) in [6.45, 7) is 6.99. The van der Waals surface area contributed by atoms with Gasteiger partial charge in [0.2, 0.25) is 0 Å². The van der Waals surface area contributed by atoms with Crippen LogP contribution in [0.1, 0.15) is 20.3 Å². The van der Waals surface area contributed by atoms with Crippen LogP contribution in [0, 0.1) is 5.92 Å². The Morgan fingerprint density at radius 1 is 1.53 bits per heavy atom. The van der Waals surface area contributed by atoms with E-state index in [4.69, 9.17) is 4.74 Å². The molecule has 0 heterocycles. The third-order valence-corrected chi connectivity index (χ3v) is 2.24. The van der Waals surface area contributed by atoms with Gasteiger partial charge in [-0.3, -0.25) is 4.79 Å². The van der Waals surface area contributed by atoms with Crippen LogP contribution >= 0.6 is 0 Å². The zero-order valence-electron chi connectivity index (χ0n) is 10.4. The molecule has 1 atom stereocenters. The molecule has 4 heteroatoms. The lowest BCUT2D eigenvalue weighted by Gasteiger charge is -2.20. The maximum atomic E-state index is 11.3. The standard InChI is InChI=1S/C11H24N2O2/c1-5-15-11(14)10(2)9-13(4)8-6-7-12-3/h10,12H,5-9H2,1-4H3. The largest absolute Gasteiger partial charge is 0.466 e. The number of carbonyl (C=O) groups excluding carboxylic acids is 1. The Balaban J connectivity index is 3.65. The predicted molar refractivity (Wildman–Crippen MR) is 61.8 cm³/mol. The first-order chi connectivity index (χ1) is 7.11. The van der Waals surface area contributed by atoms with Crippen LogP contribution in [-0.4, -0.2) is 51.2 Å². The van der Waals surface area contributed by atoms with Crippen LogP contribution in [0.4, 0.5) is 0 Å². The van der Waals surface area contributed by atoms with Crippen LogP contribution in [0.3, 0.4) is 0 Å². The van der Waals surface area contributed by atoms with E-state index in [2.05, 4.69) is 10.2 Å². The number of carbonyl (C=O) groups is 1. The molecule has 0 fully saturated rings. The van der Waals surface area contributed by atoms with E-state index in [9.17, 15) is 4.79 Å². The monoisotopic (exact) mass is 216 g/mol. The first-order valence-electron chi connectivity index (χ1n) is 5.61. The minimum absolute atomic E-state index is 0.0375. The van der Waals surface area contributed by atoms with E-state index in [1.54, 1.807) is 0 Å². The lowest BCUT2D eigenvalue weighted by molar-refractivity contribution is -0.147. The van der Waals surface area contributed by atoms with E-state index in [0.29, 0.717) is 6.61 Å². The molecule has 0 aliphatic rings. The van der Waals surface area contributed by atoms with Gasteiger partial charge in [0.15, 0.2) is 0 Å². The summed E-state index contributed by atoms with van der Waals surface area (Å²) in [6.07, 6.45) is 1.10. The second-order valence-electron chi connectivity index (χ2n) is 3.87. The lowest BCUT2D eigenvalue weighted by Crippen LogP contribution is -2.31. The first kappa shape index (κ1) is 14.4. The van der Waals surface area contributed by atoms with Gasteiger partial charge in [-0.25, -0.2) is 0 Å². The number of hydrogen-bond donors (Lipinski definition) is 1. The normalized spacial score (nSPS) is 12.9. The molecule has 0 spiro atoms. The maximum absolute atomic E-state index is 11.3. The minimum atomic E-state index is -0.0991. The third kappa shape index (κ3) is 7.33. The van der Waals surface area contributed by atoms with Gasteiger partial charge < -0.3 is 15.0 Å². The number of nitrogens with zero attached hydrogens (tertiary/aromatic N) is 1. The van der Waals surface area contributed by atoms with Crippen LogP contribution < -0.4 is 5.32 Å². The Kier molecular flexibility index (Phi) is 8.33. The Labute approximate surface area is 93.0 Å². The van der Waals surface area contributed by atoms with Gasteiger partial charge in [0.1, 0.15) is 0 Å². The van der Waals surface area contributed by atoms with E-state index < -0.39 is 0 Å². The van der Waals surface area contributed by atoms with E-state index in [1.807, 2.05) is 27.9 Å². The van der Waals surface area contributed by atoms with Gasteiger partial charge in [-0.1, -0.05) is 6.92 Å². The van der Waals surface area contributed by atoms with E-state index >= 15 is 0 Å². The summed E-state index contributed by atoms with van der Waals surface area (Å²) < 4.78 is 4.95. The Morgan fingerprint density at radius 2 is 2.20 bits per heavy atom. The van der Waals surface area contributed by atoms with Crippen LogP contribution in [0.2, 0.25) is 0 Å². The van der Waals surface area contributed by atoms with Crippen molar-refractivity contribution in [2.24, 2.45) is 5.92 Å². The molecule has 0 rings (SSSR count). The van der Waals surface area contributed by atoms with Gasteiger partial charge in [0, 0.05) is 6.54 Å². The van der Waals surface area contributed by atoms with Crippen LogP contribution in [0.5, 0.6) is 0 Å². The molecular formula is C11H24N2O2. The van der Waals surface area contributed by atoms with Crippen molar-refractivity contribution in [3.63, 3.8) is 0 Å². The number of hydrogen-bond acceptors (Lipinski definition) is 4. The van der Waals surface area contributed by atoms with Crippen molar-refractivity contribution in [1.82, 2.24) is 10.2 Å². The first-order valence-corrected chi connectivity index (χ1v) is 5.61. The van der Waals surface area contributed by atoms with Crippen molar-refractivity contribution in [2.45, 2.75) is 20.3 Å². The van der Waals surface area contributed by atoms with Gasteiger partial charge in [0.05, 0.1) is 12.5 Å². The van der Waals surface area contributed by atoms with Gasteiger partial charge in [-0.15, -0.1) is 0 Å². The van der Waals surface area contributed by atoms with Crippen LogP contribution in [0.25, 0.3) is 0 Å². The average molecular weight is 216 g/mol. The molecule has 0 saturated carbocycles. The zero-order chi connectivity index (χ0) is 11.7. The van der Waals surface area contributed by atoms with E-state index in [0.717, 1.165) is 26.1 Å². The molecule has 0 aromatic rings. The smallest absolute Gasteiger partial charge is 0.309 e. The number of esters is 1. The molecule has 0 aromatic carbocycles. The summed E-state index contributed by atoms with van der Waals surface area (Å²) in [7, 11) is 3.98. The van der Waals surface area contributed by atoms with Crippen molar-refractivity contribution in [2.75, 3.05) is 40.3 Å².